The first-order valence-corrected chi connectivity index (χ1v) is 12.5. The lowest BCUT2D eigenvalue weighted by molar-refractivity contribution is -0.180. The van der Waals surface area contributed by atoms with Crippen LogP contribution in [0.3, 0.4) is 0 Å². The number of hydrogen-bond donors (Lipinski definition) is 3. The number of ketones is 3. The predicted molar refractivity (Wildman–Crippen MR) is 133 cm³/mol. The van der Waals surface area contributed by atoms with Gasteiger partial charge in [0, 0.05) is 16.4 Å². The van der Waals surface area contributed by atoms with Crippen molar-refractivity contribution in [3.63, 3.8) is 0 Å². The van der Waals surface area contributed by atoms with Crippen LogP contribution in [-0.4, -0.2) is 38.3 Å². The highest BCUT2D eigenvalue weighted by Crippen LogP contribution is 2.65. The summed E-state index contributed by atoms with van der Waals surface area (Å²) >= 11 is 0. The first-order valence-electron chi connectivity index (χ1n) is 12.5. The summed E-state index contributed by atoms with van der Waals surface area (Å²) in [6.07, 6.45) is 2.29. The fourth-order valence-electron chi connectivity index (χ4n) is 7.81. The number of benzene rings is 1. The molecule has 1 aromatic rings. The highest BCUT2D eigenvalue weighted by molar-refractivity contribution is 6.33. The minimum Gasteiger partial charge on any atom is -0.507 e. The minimum absolute atomic E-state index is 0.0350. The van der Waals surface area contributed by atoms with E-state index in [1.807, 2.05) is 26.8 Å². The van der Waals surface area contributed by atoms with Crippen molar-refractivity contribution in [3.05, 3.63) is 45.5 Å². The Labute approximate surface area is 206 Å². The number of phenols is 1. The number of aryl methyl sites for hydroxylation is 1. The molecule has 6 nitrogen and oxygen atoms in total. The van der Waals surface area contributed by atoms with Crippen LogP contribution in [0.2, 0.25) is 0 Å². The van der Waals surface area contributed by atoms with Crippen LogP contribution in [0.5, 0.6) is 5.75 Å². The third kappa shape index (κ3) is 3.08. The van der Waals surface area contributed by atoms with Crippen LogP contribution in [-0.2, 0) is 27.2 Å². The van der Waals surface area contributed by atoms with Crippen molar-refractivity contribution in [3.8, 4) is 5.75 Å². The molecule has 0 amide bonds. The molecule has 1 saturated carbocycles. The van der Waals surface area contributed by atoms with Gasteiger partial charge in [0.2, 0.25) is 11.6 Å². The first-order chi connectivity index (χ1) is 16.2. The number of fused-ring (bicyclic) bond motifs is 3. The fraction of sp³-hybridized carbons (Fsp3) is 0.552. The summed E-state index contributed by atoms with van der Waals surface area (Å²) in [5, 5.41) is 34.2. The molecule has 0 saturated heterocycles. The Morgan fingerprint density at radius 1 is 1.14 bits per heavy atom. The maximum atomic E-state index is 14.2. The number of aliphatic hydroxyl groups excluding tert-OH is 1. The van der Waals surface area contributed by atoms with E-state index in [-0.39, 0.29) is 40.6 Å². The highest BCUT2D eigenvalue weighted by Gasteiger charge is 2.71. The number of rotatable bonds is 4. The minimum atomic E-state index is -2.49. The molecule has 0 aromatic heterocycles. The summed E-state index contributed by atoms with van der Waals surface area (Å²) < 4.78 is 0. The lowest BCUT2D eigenvalue weighted by Crippen LogP contribution is -2.70. The van der Waals surface area contributed by atoms with Gasteiger partial charge in [-0.1, -0.05) is 52.7 Å². The number of carbonyl (C=O) groups is 3. The van der Waals surface area contributed by atoms with E-state index in [0.29, 0.717) is 12.0 Å². The largest absolute Gasteiger partial charge is 0.507 e. The summed E-state index contributed by atoms with van der Waals surface area (Å²) in [6, 6.07) is 3.37. The normalized spacial score (nSPS) is 32.5. The van der Waals surface area contributed by atoms with Crippen molar-refractivity contribution in [2.24, 2.45) is 22.7 Å². The molecule has 0 heterocycles. The average molecular weight is 481 g/mol. The molecule has 0 spiro atoms. The van der Waals surface area contributed by atoms with Crippen LogP contribution in [0.25, 0.3) is 5.76 Å². The fourth-order valence-corrected chi connectivity index (χ4v) is 7.81. The third-order valence-electron chi connectivity index (χ3n) is 8.81. The topological polar surface area (TPSA) is 112 Å². The molecule has 4 rings (SSSR count). The number of aromatic hydroxyl groups is 1. The molecule has 1 aromatic carbocycles. The Morgan fingerprint density at radius 3 is 2.31 bits per heavy atom. The Kier molecular flexibility index (Phi) is 5.72. The van der Waals surface area contributed by atoms with Gasteiger partial charge in [0.05, 0.1) is 11.1 Å². The molecule has 3 aliphatic rings. The maximum absolute atomic E-state index is 14.2. The van der Waals surface area contributed by atoms with Gasteiger partial charge in [-0.15, -0.1) is 0 Å². The quantitative estimate of drug-likeness (QED) is 0.427. The second-order valence-electron chi connectivity index (χ2n) is 11.6. The van der Waals surface area contributed by atoms with E-state index in [4.69, 9.17) is 0 Å². The van der Waals surface area contributed by atoms with Gasteiger partial charge < -0.3 is 15.3 Å². The monoisotopic (exact) mass is 480 g/mol. The Balaban J connectivity index is 2.06. The summed E-state index contributed by atoms with van der Waals surface area (Å²) in [7, 11) is 0. The van der Waals surface area contributed by atoms with Gasteiger partial charge in [0.1, 0.15) is 11.5 Å². The predicted octanol–water partition coefficient (Wildman–Crippen LogP) is 4.65. The lowest BCUT2D eigenvalue weighted by Gasteiger charge is -2.60. The van der Waals surface area contributed by atoms with Crippen molar-refractivity contribution < 1.29 is 29.7 Å². The van der Waals surface area contributed by atoms with E-state index in [9.17, 15) is 29.7 Å². The molecule has 3 aliphatic carbocycles. The average Bonchev–Trinajstić information content (AvgIpc) is 2.72. The van der Waals surface area contributed by atoms with Crippen molar-refractivity contribution in [1.82, 2.24) is 0 Å². The van der Waals surface area contributed by atoms with Crippen LogP contribution in [0, 0.1) is 22.7 Å². The number of allylic oxidation sites excluding steroid dienone is 1. The number of phenolic OH excluding ortho intramolecular Hbond substituents is 1. The number of Topliss-reactive ketones (excluding diaryl/α,β-unsaturated/α-hetero) is 3. The Bertz CT molecular complexity index is 1230. The van der Waals surface area contributed by atoms with Gasteiger partial charge in [-0.2, -0.15) is 0 Å². The Morgan fingerprint density at radius 2 is 1.77 bits per heavy atom. The van der Waals surface area contributed by atoms with Gasteiger partial charge >= 0.3 is 0 Å². The van der Waals surface area contributed by atoms with Crippen LogP contribution in [0.15, 0.2) is 28.9 Å². The molecule has 6 heteroatoms. The van der Waals surface area contributed by atoms with E-state index in [0.717, 1.165) is 24.0 Å². The zero-order chi connectivity index (χ0) is 26.2. The summed E-state index contributed by atoms with van der Waals surface area (Å²) in [5.41, 5.74) is -2.08. The van der Waals surface area contributed by atoms with Crippen LogP contribution >= 0.6 is 0 Å². The molecule has 4 atom stereocenters. The number of carbonyl (C=O) groups excluding carboxylic acids is 3. The van der Waals surface area contributed by atoms with E-state index in [1.165, 1.54) is 13.0 Å². The van der Waals surface area contributed by atoms with E-state index < -0.39 is 39.7 Å². The summed E-state index contributed by atoms with van der Waals surface area (Å²) in [5.74, 6) is -3.20. The summed E-state index contributed by atoms with van der Waals surface area (Å²) in [6.45, 7) is 12.7. The van der Waals surface area contributed by atoms with E-state index in [2.05, 4.69) is 6.92 Å². The van der Waals surface area contributed by atoms with Crippen LogP contribution in [0.4, 0.5) is 0 Å². The van der Waals surface area contributed by atoms with Gasteiger partial charge in [-0.25, -0.2) is 0 Å². The molecule has 0 aliphatic heterocycles. The van der Waals surface area contributed by atoms with Crippen molar-refractivity contribution in [1.29, 1.82) is 0 Å². The molecule has 0 unspecified atom stereocenters. The molecule has 0 bridgehead atoms. The van der Waals surface area contributed by atoms with Crippen molar-refractivity contribution in [2.45, 2.75) is 79.8 Å². The van der Waals surface area contributed by atoms with E-state index >= 15 is 0 Å². The SMILES string of the molecule is CCCc1ccc(O)c2c1C[C@@]1(C)C[C@@]3(C)[C@H](C(C)C)C(C)=C(C(C)=O)C(=O)[C@@]3(O)C(=O)C1=C2O. The summed E-state index contributed by atoms with van der Waals surface area (Å²) in [4.78, 5) is 40.5. The van der Waals surface area contributed by atoms with Crippen LogP contribution < -0.4 is 0 Å². The number of aliphatic hydroxyl groups is 2. The molecule has 3 N–H and O–H groups in total. The van der Waals surface area contributed by atoms with Gasteiger partial charge in [-0.05, 0) is 62.1 Å². The van der Waals surface area contributed by atoms with Crippen molar-refractivity contribution >= 4 is 23.1 Å². The van der Waals surface area contributed by atoms with Gasteiger partial charge in [0.25, 0.3) is 0 Å². The molecular weight excluding hydrogens is 444 g/mol. The smallest absolute Gasteiger partial charge is 0.206 e. The standard InChI is InChI=1S/C29H36O6/c1-8-9-17-10-11-19(31)21-18(17)12-27(6)13-28(7)22(14(2)3)15(4)20(16(5)30)25(33)29(28,35)26(34)23(27)24(21)32/h10-11,14,22,31-32,35H,8-9,12-13H2,1-7H3/t22-,27+,28+,29-/m1/s1. The lowest BCUT2D eigenvalue weighted by atomic mass is 9.42. The second kappa shape index (κ2) is 7.89. The molecule has 1 fully saturated rings. The molecule has 188 valence electrons. The molecular formula is C29H36O6. The van der Waals surface area contributed by atoms with Crippen molar-refractivity contribution in [2.75, 3.05) is 0 Å². The highest BCUT2D eigenvalue weighted by atomic mass is 16.3. The zero-order valence-electron chi connectivity index (χ0n) is 21.7. The molecule has 0 radical (unpaired) electrons. The molecule has 35 heavy (non-hydrogen) atoms. The zero-order valence-corrected chi connectivity index (χ0v) is 21.7. The van der Waals surface area contributed by atoms with Crippen LogP contribution in [0.1, 0.15) is 78.0 Å². The first kappa shape index (κ1) is 25.4. The Hall–Kier alpha value is -2.73. The van der Waals surface area contributed by atoms with Gasteiger partial charge in [0.15, 0.2) is 11.4 Å². The third-order valence-corrected chi connectivity index (χ3v) is 8.81. The van der Waals surface area contributed by atoms with E-state index in [1.54, 1.807) is 13.8 Å². The maximum Gasteiger partial charge on any atom is 0.206 e. The van der Waals surface area contributed by atoms with Gasteiger partial charge in [-0.3, -0.25) is 14.4 Å². The second-order valence-corrected chi connectivity index (χ2v) is 11.6. The number of hydrogen-bond acceptors (Lipinski definition) is 6.